The molecule has 1 fully saturated rings. The molecule has 5 rings (SSSR count). The number of halogens is 3. The number of ether oxygens (including phenoxy) is 1. The second-order valence-corrected chi connectivity index (χ2v) is 8.45. The smallest absolute Gasteiger partial charge is 0.324 e. The minimum Gasteiger partial charge on any atom is -0.455 e. The van der Waals surface area contributed by atoms with Gasteiger partial charge < -0.3 is 15.0 Å². The number of amides is 3. The molecule has 2 aliphatic heterocycles. The van der Waals surface area contributed by atoms with Gasteiger partial charge in [0.15, 0.2) is 6.73 Å². The van der Waals surface area contributed by atoms with Crippen LogP contribution in [-0.4, -0.2) is 53.7 Å². The number of hydrogen-bond acceptors (Lipinski definition) is 6. The summed E-state index contributed by atoms with van der Waals surface area (Å²) in [5, 5.41) is 3.50. The predicted octanol–water partition coefficient (Wildman–Crippen LogP) is 4.53. The Morgan fingerprint density at radius 1 is 1.09 bits per heavy atom. The molecule has 9 nitrogen and oxygen atoms in total. The first kappa shape index (κ1) is 22.2. The highest BCUT2D eigenvalue weighted by molar-refractivity contribution is 6.40. The van der Waals surface area contributed by atoms with Crippen LogP contribution in [0.15, 0.2) is 42.6 Å². The van der Waals surface area contributed by atoms with Crippen LogP contribution in [0.5, 0.6) is 5.88 Å². The Hall–Kier alpha value is -3.63. The molecule has 12 heteroatoms. The van der Waals surface area contributed by atoms with E-state index in [1.807, 2.05) is 0 Å². The summed E-state index contributed by atoms with van der Waals surface area (Å²) in [5.74, 6) is -0.798. The number of nitrogens with one attached hydrogen (secondary N) is 1. The van der Waals surface area contributed by atoms with Gasteiger partial charge in [0.1, 0.15) is 11.4 Å². The normalized spacial score (nSPS) is 15.5. The molecule has 1 aromatic heterocycles. The number of fused-ring (bicyclic) bond motifs is 1. The maximum absolute atomic E-state index is 14.7. The van der Waals surface area contributed by atoms with Crippen LogP contribution >= 0.6 is 23.2 Å². The third kappa shape index (κ3) is 3.84. The molecule has 0 saturated carbocycles. The van der Waals surface area contributed by atoms with Gasteiger partial charge in [0.05, 0.1) is 21.4 Å². The van der Waals surface area contributed by atoms with Crippen molar-refractivity contribution >= 4 is 58.2 Å². The largest absolute Gasteiger partial charge is 0.455 e. The number of hydrogen-bond donors (Lipinski definition) is 1. The molecule has 0 bridgehead atoms. The highest BCUT2D eigenvalue weighted by atomic mass is 35.5. The van der Waals surface area contributed by atoms with Crippen molar-refractivity contribution in [2.45, 2.75) is 0 Å². The van der Waals surface area contributed by atoms with Crippen molar-refractivity contribution in [2.75, 3.05) is 42.0 Å². The van der Waals surface area contributed by atoms with Gasteiger partial charge in [-0.25, -0.2) is 14.2 Å². The van der Waals surface area contributed by atoms with Gasteiger partial charge in [0, 0.05) is 32.0 Å². The summed E-state index contributed by atoms with van der Waals surface area (Å²) in [6, 6.07) is 9.03. The van der Waals surface area contributed by atoms with Crippen molar-refractivity contribution in [3.05, 3.63) is 64.0 Å². The zero-order chi connectivity index (χ0) is 24.0. The lowest BCUT2D eigenvalue weighted by Gasteiger charge is -2.29. The van der Waals surface area contributed by atoms with Crippen molar-refractivity contribution in [1.29, 1.82) is 0 Å². The Morgan fingerprint density at radius 3 is 2.53 bits per heavy atom. The van der Waals surface area contributed by atoms with Crippen LogP contribution in [0.25, 0.3) is 0 Å². The number of aromatic nitrogens is 2. The van der Waals surface area contributed by atoms with Gasteiger partial charge in [0.25, 0.3) is 5.91 Å². The maximum Gasteiger partial charge on any atom is 0.324 e. The lowest BCUT2D eigenvalue weighted by Crippen LogP contribution is -2.39. The van der Waals surface area contributed by atoms with E-state index in [4.69, 9.17) is 27.9 Å². The van der Waals surface area contributed by atoms with Crippen LogP contribution in [0.4, 0.5) is 32.2 Å². The minimum absolute atomic E-state index is 0.0738. The van der Waals surface area contributed by atoms with Crippen LogP contribution in [0, 0.1) is 5.82 Å². The number of carbonyl (C=O) groups is 2. The Kier molecular flexibility index (Phi) is 5.62. The van der Waals surface area contributed by atoms with Gasteiger partial charge in [-0.1, -0.05) is 29.3 Å². The van der Waals surface area contributed by atoms with Crippen molar-refractivity contribution < 1.29 is 18.7 Å². The third-order valence-electron chi connectivity index (χ3n) is 5.48. The fourth-order valence-electron chi connectivity index (χ4n) is 3.73. The molecule has 0 spiro atoms. The molecule has 1 N–H and O–H groups in total. The SMILES string of the molecule is CN1CCN(c2ccc(Nc3ncc4c(n3)OCN(c3c(Cl)cccc3Cl)C4=O)cc2F)C1=O. The maximum atomic E-state index is 14.7. The fourth-order valence-corrected chi connectivity index (χ4v) is 4.33. The summed E-state index contributed by atoms with van der Waals surface area (Å²) in [6.45, 7) is 0.794. The van der Waals surface area contributed by atoms with Crippen molar-refractivity contribution in [3.8, 4) is 5.88 Å². The number of anilines is 4. The van der Waals surface area contributed by atoms with Crippen molar-refractivity contribution in [3.63, 3.8) is 0 Å². The predicted molar refractivity (Wildman–Crippen MR) is 126 cm³/mol. The molecule has 0 unspecified atom stereocenters. The zero-order valence-corrected chi connectivity index (χ0v) is 19.3. The number of benzene rings is 2. The number of rotatable bonds is 4. The number of urea groups is 1. The minimum atomic E-state index is -0.565. The quantitative estimate of drug-likeness (QED) is 0.563. The van der Waals surface area contributed by atoms with Crippen LogP contribution < -0.4 is 19.9 Å². The second kappa shape index (κ2) is 8.62. The molecule has 174 valence electrons. The van der Waals surface area contributed by atoms with E-state index in [9.17, 15) is 14.0 Å². The number of carbonyl (C=O) groups excluding carboxylic acids is 2. The van der Waals surface area contributed by atoms with Gasteiger partial charge in [-0.3, -0.25) is 14.6 Å². The first-order valence-electron chi connectivity index (χ1n) is 10.2. The molecule has 3 heterocycles. The molecular formula is C22H17Cl2FN6O3. The average Bonchev–Trinajstić information content (AvgIpc) is 3.13. The van der Waals surface area contributed by atoms with E-state index < -0.39 is 11.7 Å². The van der Waals surface area contributed by atoms with E-state index in [0.29, 0.717) is 34.5 Å². The summed E-state index contributed by atoms with van der Waals surface area (Å²) in [5.41, 5.74) is 1.03. The summed E-state index contributed by atoms with van der Waals surface area (Å²) >= 11 is 12.4. The summed E-state index contributed by atoms with van der Waals surface area (Å²) in [4.78, 5) is 37.7. The van der Waals surface area contributed by atoms with E-state index in [2.05, 4.69) is 15.3 Å². The summed E-state index contributed by atoms with van der Waals surface area (Å²) in [7, 11) is 1.67. The van der Waals surface area contributed by atoms with E-state index in [-0.39, 0.29) is 35.8 Å². The fraction of sp³-hybridized carbons (Fsp3) is 0.182. The first-order valence-corrected chi connectivity index (χ1v) is 10.9. The van der Waals surface area contributed by atoms with Crippen LogP contribution in [0.3, 0.4) is 0 Å². The first-order chi connectivity index (χ1) is 16.3. The van der Waals surface area contributed by atoms with Gasteiger partial charge in [-0.05, 0) is 30.3 Å². The van der Waals surface area contributed by atoms with Gasteiger partial charge in [0.2, 0.25) is 11.8 Å². The van der Waals surface area contributed by atoms with Crippen LogP contribution in [0.1, 0.15) is 10.4 Å². The lowest BCUT2D eigenvalue weighted by atomic mass is 10.2. The highest BCUT2D eigenvalue weighted by Crippen LogP contribution is 2.37. The Balaban J connectivity index is 1.35. The van der Waals surface area contributed by atoms with E-state index in [1.165, 1.54) is 33.0 Å². The number of nitrogens with zero attached hydrogens (tertiary/aromatic N) is 5. The standard InChI is InChI=1S/C22H17Cl2FN6O3/c1-29-7-8-30(22(29)33)17-6-5-12(9-16(17)25)27-21-26-10-13-19(28-21)34-11-31(20(13)32)18-14(23)3-2-4-15(18)24/h2-6,9-10H,7-8,11H2,1H3,(H,26,27,28). The van der Waals surface area contributed by atoms with Crippen molar-refractivity contribution in [2.24, 2.45) is 0 Å². The lowest BCUT2D eigenvalue weighted by molar-refractivity contribution is 0.0932. The van der Waals surface area contributed by atoms with E-state index >= 15 is 0 Å². The molecule has 3 aromatic rings. The summed E-state index contributed by atoms with van der Waals surface area (Å²) < 4.78 is 20.4. The average molecular weight is 503 g/mol. The van der Waals surface area contributed by atoms with E-state index in [1.54, 1.807) is 31.3 Å². The Bertz CT molecular complexity index is 1300. The second-order valence-electron chi connectivity index (χ2n) is 7.64. The van der Waals surface area contributed by atoms with Crippen LogP contribution in [0.2, 0.25) is 10.0 Å². The van der Waals surface area contributed by atoms with Gasteiger partial charge in [-0.2, -0.15) is 4.98 Å². The topological polar surface area (TPSA) is 90.9 Å². The monoisotopic (exact) mass is 502 g/mol. The number of likely N-dealkylation sites (N-methyl/N-ethyl adjacent to an activating group) is 1. The Morgan fingerprint density at radius 2 is 1.85 bits per heavy atom. The van der Waals surface area contributed by atoms with E-state index in [0.717, 1.165) is 0 Å². The zero-order valence-electron chi connectivity index (χ0n) is 17.8. The Labute approximate surface area is 203 Å². The molecule has 2 aliphatic rings. The van der Waals surface area contributed by atoms with Gasteiger partial charge >= 0.3 is 6.03 Å². The molecule has 2 aromatic carbocycles. The molecule has 0 aliphatic carbocycles. The van der Waals surface area contributed by atoms with Gasteiger partial charge in [-0.15, -0.1) is 0 Å². The summed E-state index contributed by atoms with van der Waals surface area (Å²) in [6.07, 6.45) is 1.31. The molecule has 34 heavy (non-hydrogen) atoms. The number of para-hydroxylation sites is 1. The highest BCUT2D eigenvalue weighted by Gasteiger charge is 2.32. The molecule has 0 radical (unpaired) electrons. The van der Waals surface area contributed by atoms with Crippen LogP contribution in [-0.2, 0) is 0 Å². The molecule has 0 atom stereocenters. The molecular weight excluding hydrogens is 486 g/mol. The third-order valence-corrected chi connectivity index (χ3v) is 6.09. The molecule has 3 amide bonds. The van der Waals surface area contributed by atoms with Crippen molar-refractivity contribution in [1.82, 2.24) is 14.9 Å². The molecule has 1 saturated heterocycles.